The van der Waals surface area contributed by atoms with Gasteiger partial charge in [-0.3, -0.25) is 0 Å². The maximum atomic E-state index is 8.40. The first-order valence-electron chi connectivity index (χ1n) is 6.31. The van der Waals surface area contributed by atoms with Gasteiger partial charge in [-0.05, 0) is 48.4 Å². The average Bonchev–Trinajstić information content (AvgIpc) is 2.48. The number of benzene rings is 2. The minimum atomic E-state index is 0.419. The molecular weight excluding hydrogens is 254 g/mol. The van der Waals surface area contributed by atoms with Crippen molar-refractivity contribution in [3.05, 3.63) is 64.5 Å². The molecule has 0 saturated carbocycles. The second-order valence-corrected chi connectivity index (χ2v) is 4.05. The summed E-state index contributed by atoms with van der Waals surface area (Å²) in [6, 6.07) is 14.8. The van der Waals surface area contributed by atoms with Crippen LogP contribution in [0.2, 0.25) is 0 Å². The lowest BCUT2D eigenvalue weighted by atomic mass is 10.2. The zero-order chi connectivity index (χ0) is 14.2. The van der Waals surface area contributed by atoms with Crippen molar-refractivity contribution in [2.45, 2.75) is 13.5 Å². The minimum Gasteiger partial charge on any atom is -0.494 e. The van der Waals surface area contributed by atoms with Gasteiger partial charge in [-0.2, -0.15) is 0 Å². The first kappa shape index (κ1) is 13.8. The molecule has 0 spiro atoms. The fraction of sp³-hybridized carbons (Fsp3) is 0.200. The Morgan fingerprint density at radius 1 is 1.05 bits per heavy atom. The molecule has 5 heteroatoms. The van der Waals surface area contributed by atoms with Crippen LogP contribution in [0, 0.1) is 0 Å². The van der Waals surface area contributed by atoms with E-state index in [1.807, 2.05) is 43.3 Å². The van der Waals surface area contributed by atoms with Gasteiger partial charge in [0.1, 0.15) is 18.1 Å². The van der Waals surface area contributed by atoms with Crippen molar-refractivity contribution in [2.24, 2.45) is 5.11 Å². The average molecular weight is 269 g/mol. The van der Waals surface area contributed by atoms with E-state index in [0.29, 0.717) is 18.9 Å². The van der Waals surface area contributed by atoms with E-state index in [1.165, 1.54) is 0 Å². The smallest absolute Gasteiger partial charge is 0.120 e. The SMILES string of the molecule is CCOc1ccc(OCc2cccc(N=[N+]=[N-])c2)cc1. The van der Waals surface area contributed by atoms with Crippen LogP contribution >= 0.6 is 0 Å². The molecule has 2 rings (SSSR count). The molecule has 0 aromatic heterocycles. The third kappa shape index (κ3) is 3.93. The van der Waals surface area contributed by atoms with Gasteiger partial charge in [0.15, 0.2) is 0 Å². The first-order valence-corrected chi connectivity index (χ1v) is 6.31. The van der Waals surface area contributed by atoms with Crippen molar-refractivity contribution in [3.8, 4) is 11.5 Å². The summed E-state index contributed by atoms with van der Waals surface area (Å²) in [4.78, 5) is 2.76. The molecule has 0 aliphatic carbocycles. The lowest BCUT2D eigenvalue weighted by Crippen LogP contribution is -1.95. The molecule has 5 nitrogen and oxygen atoms in total. The number of nitrogens with zero attached hydrogens (tertiary/aromatic N) is 3. The van der Waals surface area contributed by atoms with Gasteiger partial charge in [0.25, 0.3) is 0 Å². The van der Waals surface area contributed by atoms with Gasteiger partial charge in [0.05, 0.1) is 6.61 Å². The molecule has 0 atom stereocenters. The van der Waals surface area contributed by atoms with Gasteiger partial charge in [0, 0.05) is 10.6 Å². The molecule has 102 valence electrons. The molecule has 0 fully saturated rings. The zero-order valence-electron chi connectivity index (χ0n) is 11.2. The third-order valence-electron chi connectivity index (χ3n) is 2.61. The van der Waals surface area contributed by atoms with Crippen LogP contribution in [0.3, 0.4) is 0 Å². The maximum Gasteiger partial charge on any atom is 0.120 e. The molecule has 0 unspecified atom stereocenters. The Bertz CT molecular complexity index is 605. The van der Waals surface area contributed by atoms with Crippen LogP contribution in [-0.2, 0) is 6.61 Å². The van der Waals surface area contributed by atoms with Crippen LogP contribution in [0.15, 0.2) is 53.6 Å². The zero-order valence-corrected chi connectivity index (χ0v) is 11.2. The van der Waals surface area contributed by atoms with E-state index < -0.39 is 0 Å². The quantitative estimate of drug-likeness (QED) is 0.436. The van der Waals surface area contributed by atoms with E-state index >= 15 is 0 Å². The monoisotopic (exact) mass is 269 g/mol. The third-order valence-corrected chi connectivity index (χ3v) is 2.61. The predicted molar refractivity (Wildman–Crippen MR) is 77.2 cm³/mol. The topological polar surface area (TPSA) is 67.2 Å². The summed E-state index contributed by atoms with van der Waals surface area (Å²) in [6.45, 7) is 3.01. The van der Waals surface area contributed by atoms with E-state index in [2.05, 4.69) is 10.0 Å². The highest BCUT2D eigenvalue weighted by Gasteiger charge is 1.98. The second kappa shape index (κ2) is 7.07. The molecule has 2 aromatic rings. The summed E-state index contributed by atoms with van der Waals surface area (Å²) < 4.78 is 11.0. The van der Waals surface area contributed by atoms with Gasteiger partial charge < -0.3 is 9.47 Å². The first-order chi connectivity index (χ1) is 9.81. The summed E-state index contributed by atoms with van der Waals surface area (Å²) in [7, 11) is 0. The second-order valence-electron chi connectivity index (χ2n) is 4.05. The van der Waals surface area contributed by atoms with Gasteiger partial charge in [0.2, 0.25) is 0 Å². The van der Waals surface area contributed by atoms with Crippen molar-refractivity contribution in [1.82, 2.24) is 0 Å². The Labute approximate surface area is 117 Å². The highest BCUT2D eigenvalue weighted by molar-refractivity contribution is 5.40. The summed E-state index contributed by atoms with van der Waals surface area (Å²) >= 11 is 0. The van der Waals surface area contributed by atoms with Crippen molar-refractivity contribution in [1.29, 1.82) is 0 Å². The molecule has 20 heavy (non-hydrogen) atoms. The number of hydrogen-bond acceptors (Lipinski definition) is 3. The lowest BCUT2D eigenvalue weighted by Gasteiger charge is -2.08. The molecule has 2 aromatic carbocycles. The highest BCUT2D eigenvalue weighted by atomic mass is 16.5. The Kier molecular flexibility index (Phi) is 4.87. The molecule has 0 amide bonds. The summed E-state index contributed by atoms with van der Waals surface area (Å²) in [5, 5.41) is 3.56. The van der Waals surface area contributed by atoms with Crippen LogP contribution in [0.1, 0.15) is 12.5 Å². The van der Waals surface area contributed by atoms with E-state index in [-0.39, 0.29) is 0 Å². The standard InChI is InChI=1S/C15H15N3O2/c1-2-19-14-6-8-15(9-7-14)20-11-12-4-3-5-13(10-12)17-18-16/h3-10H,2,11H2,1H3. The Hall–Kier alpha value is -2.65. The highest BCUT2D eigenvalue weighted by Crippen LogP contribution is 2.20. The largest absolute Gasteiger partial charge is 0.494 e. The number of ether oxygens (including phenoxy) is 2. The Balaban J connectivity index is 1.97. The van der Waals surface area contributed by atoms with Gasteiger partial charge in [-0.25, -0.2) is 0 Å². The van der Waals surface area contributed by atoms with Crippen LogP contribution < -0.4 is 9.47 Å². The van der Waals surface area contributed by atoms with Gasteiger partial charge in [-0.15, -0.1) is 0 Å². The molecule has 0 radical (unpaired) electrons. The van der Waals surface area contributed by atoms with Crippen LogP contribution in [0.25, 0.3) is 10.4 Å². The number of rotatable bonds is 6. The van der Waals surface area contributed by atoms with E-state index in [9.17, 15) is 0 Å². The Morgan fingerprint density at radius 2 is 1.75 bits per heavy atom. The van der Waals surface area contributed by atoms with Crippen LogP contribution in [0.4, 0.5) is 5.69 Å². The number of azide groups is 1. The lowest BCUT2D eigenvalue weighted by molar-refractivity contribution is 0.304. The summed E-state index contributed by atoms with van der Waals surface area (Å²) in [5.74, 6) is 1.59. The molecule has 0 N–H and O–H groups in total. The van der Waals surface area contributed by atoms with Crippen LogP contribution in [0.5, 0.6) is 11.5 Å². The van der Waals surface area contributed by atoms with E-state index in [0.717, 1.165) is 17.1 Å². The van der Waals surface area contributed by atoms with Gasteiger partial charge >= 0.3 is 0 Å². The molecule has 0 aliphatic rings. The van der Waals surface area contributed by atoms with Crippen LogP contribution in [-0.4, -0.2) is 6.61 Å². The fourth-order valence-corrected chi connectivity index (χ4v) is 1.73. The molecular formula is C15H15N3O2. The molecule has 0 saturated heterocycles. The van der Waals surface area contributed by atoms with Crippen molar-refractivity contribution >= 4 is 5.69 Å². The van der Waals surface area contributed by atoms with E-state index in [1.54, 1.807) is 12.1 Å². The summed E-state index contributed by atoms with van der Waals surface area (Å²) in [6.07, 6.45) is 0. The Morgan fingerprint density at radius 3 is 2.40 bits per heavy atom. The normalized spacial score (nSPS) is 9.65. The molecule has 0 bridgehead atoms. The molecule has 0 heterocycles. The maximum absolute atomic E-state index is 8.40. The van der Waals surface area contributed by atoms with Crippen molar-refractivity contribution in [3.63, 3.8) is 0 Å². The minimum absolute atomic E-state index is 0.419. The predicted octanol–water partition coefficient (Wildman–Crippen LogP) is 4.61. The van der Waals surface area contributed by atoms with E-state index in [4.69, 9.17) is 15.0 Å². The van der Waals surface area contributed by atoms with Crippen molar-refractivity contribution in [2.75, 3.05) is 6.61 Å². The number of hydrogen-bond donors (Lipinski definition) is 0. The van der Waals surface area contributed by atoms with Gasteiger partial charge in [-0.1, -0.05) is 23.3 Å². The van der Waals surface area contributed by atoms with Crippen molar-refractivity contribution < 1.29 is 9.47 Å². The fourth-order valence-electron chi connectivity index (χ4n) is 1.73. The molecule has 0 aliphatic heterocycles. The summed E-state index contributed by atoms with van der Waals surface area (Å²) in [5.41, 5.74) is 9.93.